The van der Waals surface area contributed by atoms with E-state index in [0.29, 0.717) is 23.6 Å². The Kier molecular flexibility index (Phi) is 5.69. The molecule has 0 bridgehead atoms. The van der Waals surface area contributed by atoms with Crippen LogP contribution in [0.5, 0.6) is 5.75 Å². The Bertz CT molecular complexity index is 846. The first-order valence-corrected chi connectivity index (χ1v) is 9.91. The van der Waals surface area contributed by atoms with Gasteiger partial charge in [-0.05, 0) is 49.1 Å². The predicted octanol–water partition coefficient (Wildman–Crippen LogP) is 3.51. The van der Waals surface area contributed by atoms with Crippen molar-refractivity contribution in [2.45, 2.75) is 31.0 Å². The van der Waals surface area contributed by atoms with Crippen LogP contribution in [0.15, 0.2) is 48.5 Å². The van der Waals surface area contributed by atoms with Crippen LogP contribution < -0.4 is 10.1 Å². The molecule has 0 spiro atoms. The third kappa shape index (κ3) is 4.52. The summed E-state index contributed by atoms with van der Waals surface area (Å²) in [6.45, 7) is 1.49. The lowest BCUT2D eigenvalue weighted by molar-refractivity contribution is -0.0793. The molecule has 2 aromatic carbocycles. The molecule has 154 valence electrons. The van der Waals surface area contributed by atoms with Crippen molar-refractivity contribution in [3.63, 3.8) is 0 Å². The number of hydrogen-bond acceptors (Lipinski definition) is 4. The van der Waals surface area contributed by atoms with E-state index in [1.165, 1.54) is 17.0 Å². The molecule has 0 radical (unpaired) electrons. The van der Waals surface area contributed by atoms with E-state index in [1.54, 1.807) is 18.2 Å². The van der Waals surface area contributed by atoms with Gasteiger partial charge in [0.1, 0.15) is 23.8 Å². The van der Waals surface area contributed by atoms with Gasteiger partial charge in [0.2, 0.25) is 0 Å². The zero-order valence-corrected chi connectivity index (χ0v) is 16.1. The van der Waals surface area contributed by atoms with E-state index in [-0.39, 0.29) is 31.0 Å². The zero-order valence-electron chi connectivity index (χ0n) is 16.1. The summed E-state index contributed by atoms with van der Waals surface area (Å²) in [6, 6.07) is 12.6. The first-order chi connectivity index (χ1) is 14.0. The molecular formula is C22H25FN2O4. The summed E-state index contributed by atoms with van der Waals surface area (Å²) in [5.41, 5.74) is 0.0176. The number of likely N-dealkylation sites (tertiary alicyclic amines) is 1. The van der Waals surface area contributed by atoms with Crippen LogP contribution in [0.3, 0.4) is 0 Å². The average molecular weight is 400 g/mol. The van der Waals surface area contributed by atoms with Crippen LogP contribution in [-0.2, 0) is 10.3 Å². The largest absolute Gasteiger partial charge is 0.489 e. The highest BCUT2D eigenvalue weighted by Crippen LogP contribution is 2.33. The van der Waals surface area contributed by atoms with E-state index in [9.17, 15) is 14.3 Å². The van der Waals surface area contributed by atoms with Gasteiger partial charge in [-0.15, -0.1) is 0 Å². The molecule has 4 rings (SSSR count). The number of carbonyl (C=O) groups is 1. The van der Waals surface area contributed by atoms with Crippen LogP contribution in [0.25, 0.3) is 0 Å². The number of halogens is 1. The number of aliphatic hydroxyl groups is 1. The fraction of sp³-hybridized carbons (Fsp3) is 0.409. The van der Waals surface area contributed by atoms with Crippen LogP contribution in [-0.4, -0.2) is 48.4 Å². The Morgan fingerprint density at radius 3 is 2.69 bits per heavy atom. The highest BCUT2D eigenvalue weighted by atomic mass is 19.1. The van der Waals surface area contributed by atoms with Crippen LogP contribution in [0.2, 0.25) is 0 Å². The maximum atomic E-state index is 13.1. The Balaban J connectivity index is 1.34. The summed E-state index contributed by atoms with van der Waals surface area (Å²) in [4.78, 5) is 14.1. The number of rotatable bonds is 5. The molecule has 2 heterocycles. The van der Waals surface area contributed by atoms with E-state index in [2.05, 4.69) is 5.32 Å². The molecule has 2 saturated heterocycles. The molecule has 29 heavy (non-hydrogen) atoms. The fourth-order valence-electron chi connectivity index (χ4n) is 3.68. The van der Waals surface area contributed by atoms with Gasteiger partial charge in [0.15, 0.2) is 0 Å². The standard InChI is InChI=1S/C22H25FN2O4/c23-17-10-8-16(9-11-17)22(27)14-25(15-22)21(26)24-19-6-1-2-7-20(19)29-13-18-5-3-4-12-28-18/h1-2,6-11,18,27H,3-5,12-15H2,(H,24,26)/t18-/m0/s1. The van der Waals surface area contributed by atoms with E-state index in [1.807, 2.05) is 18.2 Å². The molecule has 7 heteroatoms. The van der Waals surface area contributed by atoms with E-state index in [4.69, 9.17) is 9.47 Å². The van der Waals surface area contributed by atoms with Crippen molar-refractivity contribution in [3.05, 3.63) is 59.9 Å². The molecule has 0 aliphatic carbocycles. The van der Waals surface area contributed by atoms with Gasteiger partial charge in [0.05, 0.1) is 24.9 Å². The van der Waals surface area contributed by atoms with Crippen molar-refractivity contribution in [2.24, 2.45) is 0 Å². The lowest BCUT2D eigenvalue weighted by atomic mass is 9.86. The Morgan fingerprint density at radius 2 is 1.97 bits per heavy atom. The van der Waals surface area contributed by atoms with E-state index in [0.717, 1.165) is 25.9 Å². The van der Waals surface area contributed by atoms with Crippen molar-refractivity contribution in [3.8, 4) is 5.75 Å². The van der Waals surface area contributed by atoms with Crippen molar-refractivity contribution < 1.29 is 23.8 Å². The second-order valence-electron chi connectivity index (χ2n) is 7.62. The van der Waals surface area contributed by atoms with Crippen LogP contribution in [0.4, 0.5) is 14.9 Å². The van der Waals surface area contributed by atoms with Crippen LogP contribution in [0, 0.1) is 5.82 Å². The summed E-state index contributed by atoms with van der Waals surface area (Å²) in [5.74, 6) is 0.228. The summed E-state index contributed by atoms with van der Waals surface area (Å²) in [7, 11) is 0. The number of hydrogen-bond donors (Lipinski definition) is 2. The van der Waals surface area contributed by atoms with Crippen molar-refractivity contribution >= 4 is 11.7 Å². The third-order valence-electron chi connectivity index (χ3n) is 5.40. The number of anilines is 1. The maximum Gasteiger partial charge on any atom is 0.322 e. The van der Waals surface area contributed by atoms with Crippen LogP contribution in [0.1, 0.15) is 24.8 Å². The highest BCUT2D eigenvalue weighted by molar-refractivity contribution is 5.91. The molecule has 2 amide bonds. The molecular weight excluding hydrogens is 375 g/mol. The monoisotopic (exact) mass is 400 g/mol. The third-order valence-corrected chi connectivity index (χ3v) is 5.40. The van der Waals surface area contributed by atoms with Crippen molar-refractivity contribution in [2.75, 3.05) is 31.6 Å². The number of nitrogens with one attached hydrogen (secondary N) is 1. The first-order valence-electron chi connectivity index (χ1n) is 9.91. The number of amides is 2. The molecule has 2 N–H and O–H groups in total. The van der Waals surface area contributed by atoms with Gasteiger partial charge in [-0.3, -0.25) is 0 Å². The molecule has 2 aliphatic heterocycles. The lowest BCUT2D eigenvalue weighted by Gasteiger charge is -2.46. The minimum absolute atomic E-state index is 0.0774. The zero-order chi connectivity index (χ0) is 20.3. The normalized spacial score (nSPS) is 20.6. The molecule has 6 nitrogen and oxygen atoms in total. The number of benzene rings is 2. The Hall–Kier alpha value is -2.64. The molecule has 1 atom stereocenters. The summed E-state index contributed by atoms with van der Waals surface area (Å²) < 4.78 is 24.7. The predicted molar refractivity (Wildman–Crippen MR) is 106 cm³/mol. The van der Waals surface area contributed by atoms with Crippen molar-refractivity contribution in [1.29, 1.82) is 0 Å². The highest BCUT2D eigenvalue weighted by Gasteiger charge is 2.45. The molecule has 0 saturated carbocycles. The maximum absolute atomic E-state index is 13.1. The smallest absolute Gasteiger partial charge is 0.322 e. The Morgan fingerprint density at radius 1 is 1.21 bits per heavy atom. The number of ether oxygens (including phenoxy) is 2. The second-order valence-corrected chi connectivity index (χ2v) is 7.62. The molecule has 2 fully saturated rings. The fourth-order valence-corrected chi connectivity index (χ4v) is 3.68. The minimum Gasteiger partial charge on any atom is -0.489 e. The SMILES string of the molecule is O=C(Nc1ccccc1OC[C@@H]1CCCCO1)N1CC(O)(c2ccc(F)cc2)C1. The lowest BCUT2D eigenvalue weighted by Crippen LogP contribution is -2.62. The number of β-amino-alcohol motifs (C(OH)–C–C–N with tert-alkyl or cyclic N) is 1. The average Bonchev–Trinajstić information content (AvgIpc) is 2.72. The number of urea groups is 1. The number of para-hydroxylation sites is 2. The number of nitrogens with zero attached hydrogens (tertiary/aromatic N) is 1. The van der Waals surface area contributed by atoms with Gasteiger partial charge >= 0.3 is 6.03 Å². The summed E-state index contributed by atoms with van der Waals surface area (Å²) in [6.07, 6.45) is 3.28. The molecule has 0 aromatic heterocycles. The van der Waals surface area contributed by atoms with Gasteiger partial charge in [-0.1, -0.05) is 24.3 Å². The summed E-state index contributed by atoms with van der Waals surface area (Å²) >= 11 is 0. The van der Waals surface area contributed by atoms with Gasteiger partial charge in [-0.25, -0.2) is 9.18 Å². The first kappa shape index (κ1) is 19.7. The second kappa shape index (κ2) is 8.39. The van der Waals surface area contributed by atoms with E-state index >= 15 is 0 Å². The van der Waals surface area contributed by atoms with Gasteiger partial charge in [0.25, 0.3) is 0 Å². The Labute approximate surface area is 169 Å². The molecule has 0 unspecified atom stereocenters. The van der Waals surface area contributed by atoms with Gasteiger partial charge in [0, 0.05) is 6.61 Å². The minimum atomic E-state index is -1.15. The van der Waals surface area contributed by atoms with Crippen LogP contribution >= 0.6 is 0 Å². The molecule has 2 aromatic rings. The van der Waals surface area contributed by atoms with Gasteiger partial charge in [-0.2, -0.15) is 0 Å². The van der Waals surface area contributed by atoms with E-state index < -0.39 is 5.60 Å². The molecule has 2 aliphatic rings. The quantitative estimate of drug-likeness (QED) is 0.806. The topological polar surface area (TPSA) is 71.0 Å². The number of carbonyl (C=O) groups excluding carboxylic acids is 1. The summed E-state index contributed by atoms with van der Waals surface area (Å²) in [5, 5.41) is 13.5. The van der Waals surface area contributed by atoms with Crippen molar-refractivity contribution in [1.82, 2.24) is 4.90 Å². The van der Waals surface area contributed by atoms with Gasteiger partial charge < -0.3 is 24.8 Å².